The Kier molecular flexibility index (Phi) is 5.55. The van der Waals surface area contributed by atoms with Crippen molar-refractivity contribution < 1.29 is 9.59 Å². The third kappa shape index (κ3) is 4.45. The molecule has 1 atom stereocenters. The minimum Gasteiger partial charge on any atom is -0.346 e. The average molecular weight is 218 g/mol. The number of carbonyl (C=O) groups is 2. The second-order valence-electron chi connectivity index (χ2n) is 4.94. The first-order chi connectivity index (χ1) is 6.77. The van der Waals surface area contributed by atoms with E-state index in [9.17, 15) is 9.59 Å². The lowest BCUT2D eigenvalue weighted by Crippen LogP contribution is -2.47. The Morgan fingerprint density at radius 3 is 1.60 bits per heavy atom. The molecule has 1 N–H and O–H groups in total. The topological polar surface area (TPSA) is 46.2 Å². The fourth-order valence-corrected chi connectivity index (χ4v) is 1.25. The van der Waals surface area contributed by atoms with E-state index >= 15 is 0 Å². The van der Waals surface area contributed by atoms with Crippen LogP contribution < -0.4 is 5.32 Å². The van der Waals surface area contributed by atoms with Crippen LogP contribution in [0.5, 0.6) is 0 Å². The lowest BCUT2D eigenvalue weighted by Gasteiger charge is -2.23. The first-order valence-corrected chi connectivity index (χ1v) is 5.61. The van der Waals surface area contributed by atoms with Gasteiger partial charge in [0.2, 0.25) is 5.91 Å². The minimum atomic E-state index is -0.347. The first-order valence-electron chi connectivity index (χ1n) is 5.61. The van der Waals surface area contributed by atoms with Crippen LogP contribution in [-0.4, -0.2) is 17.7 Å². The van der Waals surface area contributed by atoms with Gasteiger partial charge in [-0.15, -0.1) is 0 Å². The van der Waals surface area contributed by atoms with Crippen molar-refractivity contribution in [2.24, 2.45) is 17.8 Å². The van der Waals surface area contributed by atoms with Gasteiger partial charge in [0.1, 0.15) is 0 Å². The summed E-state index contributed by atoms with van der Waals surface area (Å²) in [6, 6.07) is -0.347. The van der Waals surface area contributed by atoms with Crippen LogP contribution in [0.15, 0.2) is 0 Å². The molecule has 15 heavy (non-hydrogen) atoms. The van der Waals surface area contributed by atoms with E-state index in [1.54, 1.807) is 0 Å². The molecule has 0 saturated carbocycles. The Morgan fingerprint density at radius 2 is 1.33 bits per heavy atom. The van der Waals surface area contributed by atoms with Crippen LogP contribution >= 0.6 is 0 Å². The fourth-order valence-electron chi connectivity index (χ4n) is 1.25. The summed E-state index contributed by atoms with van der Waals surface area (Å²) in [7, 11) is 0. The van der Waals surface area contributed by atoms with E-state index < -0.39 is 0 Å². The van der Waals surface area contributed by atoms with Crippen molar-refractivity contribution >= 4 is 11.7 Å². The Labute approximate surface area is 92.6 Å². The Hall–Kier alpha value is -0.860. The lowest BCUT2D eigenvalue weighted by atomic mass is 9.94. The number of hydrogen-bond donors (Lipinski definition) is 1. The highest BCUT2D eigenvalue weighted by Crippen LogP contribution is 2.10. The van der Waals surface area contributed by atoms with Crippen molar-refractivity contribution in [1.29, 1.82) is 0 Å². The van der Waals surface area contributed by atoms with Gasteiger partial charge in [-0.2, -0.15) is 0 Å². The number of nitrogens with one attached hydrogen (secondary N) is 1. The third-order valence-electron chi connectivity index (χ3n) is 2.36. The Morgan fingerprint density at radius 1 is 0.867 bits per heavy atom. The zero-order valence-electron chi connectivity index (χ0n) is 10.6. The molecule has 0 rings (SSSR count). The number of hydrogen-bond acceptors (Lipinski definition) is 2. The molecule has 0 radical (unpaired) electrons. The molecule has 0 fully saturated rings. The Balaban J connectivity index is 4.56. The van der Waals surface area contributed by atoms with Gasteiger partial charge in [-0.3, -0.25) is 9.59 Å². The quantitative estimate of drug-likeness (QED) is 0.566. The first kappa shape index (κ1) is 14.1. The van der Waals surface area contributed by atoms with E-state index in [0.717, 1.165) is 0 Å². The summed E-state index contributed by atoms with van der Waals surface area (Å²) >= 11 is 0. The molecule has 0 saturated heterocycles. The highest BCUT2D eigenvalue weighted by Gasteiger charge is 2.26. The summed E-state index contributed by atoms with van der Waals surface area (Å²) in [5, 5.41) is 2.81. The number of ketones is 1. The zero-order valence-corrected chi connectivity index (χ0v) is 10.6. The molecule has 3 heteroatoms. The molecular formula is C12H23NO2. The molecule has 0 spiro atoms. The van der Waals surface area contributed by atoms with E-state index in [4.69, 9.17) is 0 Å². The smallest absolute Gasteiger partial charge is 0.223 e. The van der Waals surface area contributed by atoms with E-state index in [-0.39, 0.29) is 35.5 Å². The molecule has 0 aliphatic carbocycles. The van der Waals surface area contributed by atoms with Crippen LogP contribution in [0.2, 0.25) is 0 Å². The summed E-state index contributed by atoms with van der Waals surface area (Å²) < 4.78 is 0. The van der Waals surface area contributed by atoms with Crippen LogP contribution in [0, 0.1) is 17.8 Å². The predicted octanol–water partition coefficient (Wildman–Crippen LogP) is 2.01. The highest BCUT2D eigenvalue weighted by molar-refractivity contribution is 5.90. The van der Waals surface area contributed by atoms with Gasteiger partial charge in [0.25, 0.3) is 0 Å². The molecule has 0 aromatic rings. The number of carbonyl (C=O) groups excluding carboxylic acids is 2. The molecule has 1 amide bonds. The molecule has 0 aromatic heterocycles. The summed E-state index contributed by atoms with van der Waals surface area (Å²) in [5.41, 5.74) is 0. The van der Waals surface area contributed by atoms with Gasteiger partial charge in [-0.1, -0.05) is 41.5 Å². The van der Waals surface area contributed by atoms with Gasteiger partial charge in [0.05, 0.1) is 6.04 Å². The van der Waals surface area contributed by atoms with Gasteiger partial charge in [0.15, 0.2) is 5.78 Å². The molecule has 1 unspecified atom stereocenters. The van der Waals surface area contributed by atoms with Crippen molar-refractivity contribution in [3.05, 3.63) is 0 Å². The largest absolute Gasteiger partial charge is 0.346 e. The monoisotopic (exact) mass is 218 g/mol. The van der Waals surface area contributed by atoms with Gasteiger partial charge in [0, 0.05) is 11.8 Å². The van der Waals surface area contributed by atoms with Gasteiger partial charge in [-0.05, 0) is 5.92 Å². The SMILES string of the molecule is CC(C)C(=[18O])C(N[13C](=[18O])C(C)C)C(C)C. The summed E-state index contributed by atoms with van der Waals surface area (Å²) in [6.07, 6.45) is 0. The standard InChI is InChI=1S/C12H23NO2/c1-7(2)10(11(14)8(3)4)13-12(15)9(5)6/h7-10H,1-6H3,(H,13,15)/i12+1,14+2,15+2. The van der Waals surface area contributed by atoms with Crippen LogP contribution in [0.3, 0.4) is 0 Å². The number of amides is 1. The lowest BCUT2D eigenvalue weighted by molar-refractivity contribution is -0.131. The molecular weight excluding hydrogens is 195 g/mol. The second-order valence-corrected chi connectivity index (χ2v) is 4.94. The van der Waals surface area contributed by atoms with Crippen molar-refractivity contribution in [2.75, 3.05) is 0 Å². The second kappa shape index (κ2) is 5.89. The predicted molar refractivity (Wildman–Crippen MR) is 61.5 cm³/mol. The van der Waals surface area contributed by atoms with Crippen LogP contribution in [0.4, 0.5) is 0 Å². The van der Waals surface area contributed by atoms with Crippen LogP contribution in [-0.2, 0) is 9.59 Å². The van der Waals surface area contributed by atoms with Gasteiger partial charge in [-0.25, -0.2) is 0 Å². The molecule has 0 aliphatic heterocycles. The molecule has 88 valence electrons. The molecule has 3 nitrogen and oxygen atoms in total. The molecule has 0 bridgehead atoms. The van der Waals surface area contributed by atoms with Crippen molar-refractivity contribution in [1.82, 2.24) is 5.32 Å². The summed E-state index contributed by atoms with van der Waals surface area (Å²) in [4.78, 5) is 23.3. The average Bonchev–Trinajstić information content (AvgIpc) is 2.11. The van der Waals surface area contributed by atoms with E-state index in [1.165, 1.54) is 0 Å². The number of Topliss-reactive ketones (excluding diaryl/α,β-unsaturated/α-hetero) is 1. The molecule has 0 aromatic carbocycles. The highest BCUT2D eigenvalue weighted by atomic mass is 18.1. The molecule has 0 aliphatic rings. The van der Waals surface area contributed by atoms with Crippen molar-refractivity contribution in [3.8, 4) is 0 Å². The van der Waals surface area contributed by atoms with E-state index in [0.29, 0.717) is 0 Å². The Bertz CT molecular complexity index is 232. The van der Waals surface area contributed by atoms with Crippen LogP contribution in [0.1, 0.15) is 41.5 Å². The third-order valence-corrected chi connectivity index (χ3v) is 2.36. The summed E-state index contributed by atoms with van der Waals surface area (Å²) in [6.45, 7) is 11.3. The molecule has 0 heterocycles. The van der Waals surface area contributed by atoms with E-state index in [2.05, 4.69) is 5.32 Å². The number of rotatable bonds is 5. The van der Waals surface area contributed by atoms with Crippen LogP contribution in [0.25, 0.3) is 0 Å². The fraction of sp³-hybridized carbons (Fsp3) is 0.833. The van der Waals surface area contributed by atoms with E-state index in [1.807, 2.05) is 41.5 Å². The maximum Gasteiger partial charge on any atom is 0.223 e. The maximum atomic E-state index is 11.8. The van der Waals surface area contributed by atoms with Gasteiger partial charge < -0.3 is 5.32 Å². The van der Waals surface area contributed by atoms with Crippen molar-refractivity contribution in [3.63, 3.8) is 0 Å². The minimum absolute atomic E-state index is 0.0372. The van der Waals surface area contributed by atoms with Gasteiger partial charge >= 0.3 is 0 Å². The summed E-state index contributed by atoms with van der Waals surface area (Å²) in [5.74, 6) is 0.0837. The maximum absolute atomic E-state index is 11.8. The van der Waals surface area contributed by atoms with Crippen molar-refractivity contribution in [2.45, 2.75) is 47.6 Å². The normalized spacial score (nSPS) is 13.4. The zero-order chi connectivity index (χ0) is 12.2.